The maximum atomic E-state index is 12.5. The van der Waals surface area contributed by atoms with E-state index < -0.39 is 22.0 Å². The number of amides is 1. The average Bonchev–Trinajstić information content (AvgIpc) is 2.88. The highest BCUT2D eigenvalue weighted by Gasteiger charge is 2.17. The van der Waals surface area contributed by atoms with Gasteiger partial charge in [-0.05, 0) is 79.2 Å². The fourth-order valence-corrected chi connectivity index (χ4v) is 3.88. The second-order valence-corrected chi connectivity index (χ2v) is 8.75. The number of nitrogens with zero attached hydrogens (tertiary/aromatic N) is 1. The summed E-state index contributed by atoms with van der Waals surface area (Å²) in [4.78, 5) is 24.2. The first-order valence-electron chi connectivity index (χ1n) is 10.6. The molecular weight excluding hydrogens is 484 g/mol. The quantitative estimate of drug-likeness (QED) is 0.198. The van der Waals surface area contributed by atoms with Crippen molar-refractivity contribution in [1.29, 1.82) is 5.26 Å². The van der Waals surface area contributed by atoms with E-state index in [0.717, 1.165) is 0 Å². The maximum absolute atomic E-state index is 12.5. The van der Waals surface area contributed by atoms with Gasteiger partial charge in [-0.25, -0.2) is 4.79 Å². The Morgan fingerprint density at radius 2 is 1.56 bits per heavy atom. The molecule has 0 saturated carbocycles. The molecule has 3 aromatic rings. The normalized spacial score (nSPS) is 11.2. The fourth-order valence-electron chi connectivity index (χ4n) is 2.95. The van der Waals surface area contributed by atoms with Crippen molar-refractivity contribution in [1.82, 2.24) is 0 Å². The van der Waals surface area contributed by atoms with Gasteiger partial charge in [-0.1, -0.05) is 12.1 Å². The molecule has 10 heteroatoms. The highest BCUT2D eigenvalue weighted by atomic mass is 32.2. The second kappa shape index (κ2) is 11.7. The van der Waals surface area contributed by atoms with Crippen LogP contribution in [0.25, 0.3) is 6.08 Å². The van der Waals surface area contributed by atoms with Gasteiger partial charge in [0.2, 0.25) is 0 Å². The van der Waals surface area contributed by atoms with Gasteiger partial charge in [0.05, 0.1) is 19.3 Å². The van der Waals surface area contributed by atoms with Gasteiger partial charge in [-0.2, -0.15) is 13.7 Å². The van der Waals surface area contributed by atoms with Crippen molar-refractivity contribution < 1.29 is 31.7 Å². The van der Waals surface area contributed by atoms with Crippen LogP contribution in [0, 0.1) is 11.3 Å². The molecule has 0 fully saturated rings. The summed E-state index contributed by atoms with van der Waals surface area (Å²) in [6, 6.07) is 19.5. The Kier molecular flexibility index (Phi) is 8.43. The Bertz CT molecular complexity index is 1410. The van der Waals surface area contributed by atoms with E-state index >= 15 is 0 Å². The summed E-state index contributed by atoms with van der Waals surface area (Å²) in [5, 5.41) is 12.0. The molecule has 0 atom stereocenters. The van der Waals surface area contributed by atoms with Gasteiger partial charge in [0.1, 0.15) is 28.0 Å². The third-order valence-electron chi connectivity index (χ3n) is 4.76. The van der Waals surface area contributed by atoms with Crippen LogP contribution in [0.5, 0.6) is 11.5 Å². The summed E-state index contributed by atoms with van der Waals surface area (Å²) in [6.07, 6.45) is 1.35. The predicted octanol–water partition coefficient (Wildman–Crippen LogP) is 4.19. The zero-order chi connectivity index (χ0) is 26.1. The highest BCUT2D eigenvalue weighted by Crippen LogP contribution is 2.22. The first-order chi connectivity index (χ1) is 17.2. The minimum Gasteiger partial charge on any atom is -0.497 e. The number of ether oxygens (including phenoxy) is 2. The summed E-state index contributed by atoms with van der Waals surface area (Å²) >= 11 is 0. The number of carbonyl (C=O) groups excluding carboxylic acids is 2. The molecule has 0 aliphatic carbocycles. The van der Waals surface area contributed by atoms with E-state index in [1.807, 2.05) is 6.07 Å². The maximum Gasteiger partial charge on any atom is 0.339 e. The first kappa shape index (κ1) is 26.0. The molecule has 0 saturated heterocycles. The van der Waals surface area contributed by atoms with Crippen molar-refractivity contribution in [2.24, 2.45) is 0 Å². The van der Waals surface area contributed by atoms with E-state index in [-0.39, 0.29) is 22.8 Å². The molecule has 0 spiro atoms. The Morgan fingerprint density at radius 1 is 0.944 bits per heavy atom. The van der Waals surface area contributed by atoms with E-state index in [1.54, 1.807) is 6.92 Å². The Balaban J connectivity index is 1.68. The van der Waals surface area contributed by atoms with Gasteiger partial charge in [0, 0.05) is 5.69 Å². The topological polar surface area (TPSA) is 132 Å². The molecule has 9 nitrogen and oxygen atoms in total. The Morgan fingerprint density at radius 3 is 2.11 bits per heavy atom. The standard InChI is InChI=1S/C26H22N2O7S/c1-3-34-26(30)19-6-8-21(9-7-19)28-25(29)20(17-27)16-18-4-10-23(11-5-18)35-36(31,32)24-14-12-22(33-2)13-15-24/h4-16H,3H2,1-2H3,(H,28,29)/b20-16+. The molecule has 184 valence electrons. The molecule has 0 radical (unpaired) electrons. The number of hydrogen-bond donors (Lipinski definition) is 1. The third kappa shape index (κ3) is 6.71. The number of methoxy groups -OCH3 is 1. The number of esters is 1. The summed E-state index contributed by atoms with van der Waals surface area (Å²) in [5.41, 5.74) is 1.03. The third-order valence-corrected chi connectivity index (χ3v) is 6.03. The van der Waals surface area contributed by atoms with Crippen LogP contribution in [0.4, 0.5) is 5.69 Å². The Hall–Kier alpha value is -4.62. The minimum absolute atomic E-state index is 0.0361. The van der Waals surface area contributed by atoms with E-state index in [0.29, 0.717) is 22.6 Å². The molecule has 0 aliphatic rings. The summed E-state index contributed by atoms with van der Waals surface area (Å²) in [7, 11) is -2.58. The van der Waals surface area contributed by atoms with Gasteiger partial charge in [-0.3, -0.25) is 4.79 Å². The highest BCUT2D eigenvalue weighted by molar-refractivity contribution is 7.87. The van der Waals surface area contributed by atoms with Crippen LogP contribution in [-0.2, 0) is 19.6 Å². The van der Waals surface area contributed by atoms with E-state index in [9.17, 15) is 23.3 Å². The van der Waals surface area contributed by atoms with E-state index in [4.69, 9.17) is 13.7 Å². The van der Waals surface area contributed by atoms with Gasteiger partial charge in [-0.15, -0.1) is 0 Å². The van der Waals surface area contributed by atoms with Crippen LogP contribution < -0.4 is 14.2 Å². The smallest absolute Gasteiger partial charge is 0.339 e. The molecule has 3 rings (SSSR count). The number of hydrogen-bond acceptors (Lipinski definition) is 8. The zero-order valence-electron chi connectivity index (χ0n) is 19.4. The van der Waals surface area contributed by atoms with Crippen molar-refractivity contribution in [2.45, 2.75) is 11.8 Å². The molecule has 0 aromatic heterocycles. The molecule has 0 aliphatic heterocycles. The van der Waals surface area contributed by atoms with Gasteiger partial charge in [0.25, 0.3) is 5.91 Å². The van der Waals surface area contributed by atoms with Crippen LogP contribution in [0.1, 0.15) is 22.8 Å². The molecule has 1 N–H and O–H groups in total. The number of anilines is 1. The van der Waals surface area contributed by atoms with Crippen molar-refractivity contribution in [3.63, 3.8) is 0 Å². The lowest BCUT2D eigenvalue weighted by Crippen LogP contribution is -2.13. The molecule has 1 amide bonds. The molecular formula is C26H22N2O7S. The number of carbonyl (C=O) groups is 2. The number of nitriles is 1. The molecule has 36 heavy (non-hydrogen) atoms. The lowest BCUT2D eigenvalue weighted by Gasteiger charge is -2.08. The first-order valence-corrected chi connectivity index (χ1v) is 12.1. The van der Waals surface area contributed by atoms with E-state index in [1.165, 1.54) is 86.0 Å². The SMILES string of the molecule is CCOC(=O)c1ccc(NC(=O)/C(C#N)=C/c2ccc(OS(=O)(=O)c3ccc(OC)cc3)cc2)cc1. The van der Waals surface area contributed by atoms with E-state index in [2.05, 4.69) is 5.32 Å². The summed E-state index contributed by atoms with van der Waals surface area (Å²) < 4.78 is 40.0. The molecule has 0 heterocycles. The zero-order valence-corrected chi connectivity index (χ0v) is 20.2. The van der Waals surface area contributed by atoms with Crippen molar-refractivity contribution >= 4 is 33.8 Å². The van der Waals surface area contributed by atoms with Crippen LogP contribution >= 0.6 is 0 Å². The molecule has 0 unspecified atom stereocenters. The van der Waals surface area contributed by atoms with Gasteiger partial charge < -0.3 is 19.0 Å². The summed E-state index contributed by atoms with van der Waals surface area (Å²) in [6.45, 7) is 1.95. The average molecular weight is 507 g/mol. The molecule has 0 bridgehead atoms. The lowest BCUT2D eigenvalue weighted by atomic mass is 10.1. The van der Waals surface area contributed by atoms with Crippen LogP contribution in [0.2, 0.25) is 0 Å². The lowest BCUT2D eigenvalue weighted by molar-refractivity contribution is -0.112. The predicted molar refractivity (Wildman–Crippen MR) is 132 cm³/mol. The van der Waals surface area contributed by atoms with Crippen molar-refractivity contribution in [2.75, 3.05) is 19.0 Å². The Labute approximate surface area is 208 Å². The summed E-state index contributed by atoms with van der Waals surface area (Å²) in [5.74, 6) is -0.551. The van der Waals surface area contributed by atoms with Crippen LogP contribution in [0.3, 0.4) is 0 Å². The van der Waals surface area contributed by atoms with Crippen LogP contribution in [-0.4, -0.2) is 34.0 Å². The minimum atomic E-state index is -4.06. The number of nitrogens with one attached hydrogen (secondary N) is 1. The monoisotopic (exact) mass is 506 g/mol. The van der Waals surface area contributed by atoms with Crippen LogP contribution in [0.15, 0.2) is 83.3 Å². The van der Waals surface area contributed by atoms with Gasteiger partial charge >= 0.3 is 16.1 Å². The fraction of sp³-hybridized carbons (Fsp3) is 0.115. The van der Waals surface area contributed by atoms with Gasteiger partial charge in [0.15, 0.2) is 0 Å². The molecule has 3 aromatic carbocycles. The largest absolute Gasteiger partial charge is 0.497 e. The van der Waals surface area contributed by atoms with Crippen molar-refractivity contribution in [3.05, 3.63) is 89.5 Å². The number of rotatable bonds is 9. The second-order valence-electron chi connectivity index (χ2n) is 7.20. The van der Waals surface area contributed by atoms with Crippen molar-refractivity contribution in [3.8, 4) is 17.6 Å². The number of benzene rings is 3.